The fraction of sp³-hybridized carbons (Fsp3) is 0.263. The van der Waals surface area contributed by atoms with Crippen molar-refractivity contribution in [2.45, 2.75) is 32.6 Å². The molecular weight excluding hydrogens is 375 g/mol. The maximum Gasteiger partial charge on any atom is 0.251 e. The van der Waals surface area contributed by atoms with Crippen LogP contribution in [0.3, 0.4) is 0 Å². The second-order valence-corrected chi connectivity index (χ2v) is 7.73. The monoisotopic (exact) mass is 392 g/mol. The van der Waals surface area contributed by atoms with E-state index in [1.54, 1.807) is 11.3 Å². The third-order valence-electron chi connectivity index (χ3n) is 4.66. The van der Waals surface area contributed by atoms with Gasteiger partial charge in [0.1, 0.15) is 4.83 Å². The normalized spacial score (nSPS) is 13.4. The number of amides is 1. The van der Waals surface area contributed by atoms with E-state index in [2.05, 4.69) is 0 Å². The van der Waals surface area contributed by atoms with Crippen LogP contribution in [0.1, 0.15) is 39.3 Å². The van der Waals surface area contributed by atoms with Gasteiger partial charge in [-0.1, -0.05) is 23.7 Å². The Bertz CT molecular complexity index is 964. The van der Waals surface area contributed by atoms with E-state index in [0.717, 1.165) is 34.2 Å². The molecular formula is C19H18Cl2N2OS. The Morgan fingerprint density at radius 1 is 1.20 bits per heavy atom. The number of hydrogen-bond acceptors (Lipinski definition) is 3. The number of nitrogens with zero attached hydrogens (tertiary/aromatic N) is 1. The first kappa shape index (κ1) is 18.2. The number of benzene rings is 1. The van der Waals surface area contributed by atoms with E-state index in [1.165, 1.54) is 23.3 Å². The lowest BCUT2D eigenvalue weighted by molar-refractivity contribution is 0.1000. The molecule has 4 rings (SSSR count). The predicted molar refractivity (Wildman–Crippen MR) is 107 cm³/mol. The molecule has 6 heteroatoms. The highest BCUT2D eigenvalue weighted by molar-refractivity contribution is 7.19. The van der Waals surface area contributed by atoms with Crippen molar-refractivity contribution in [2.24, 2.45) is 5.73 Å². The largest absolute Gasteiger partial charge is 0.366 e. The smallest absolute Gasteiger partial charge is 0.251 e. The van der Waals surface area contributed by atoms with Crippen LogP contribution in [0.4, 0.5) is 0 Å². The molecule has 0 unspecified atom stereocenters. The number of halogens is 2. The lowest BCUT2D eigenvalue weighted by atomic mass is 9.89. The average Bonchev–Trinajstić information content (AvgIpc) is 2.92. The summed E-state index contributed by atoms with van der Waals surface area (Å²) in [5, 5.41) is 1.78. The van der Waals surface area contributed by atoms with E-state index < -0.39 is 5.91 Å². The molecule has 1 aliphatic rings. The summed E-state index contributed by atoms with van der Waals surface area (Å²) in [7, 11) is 0. The minimum Gasteiger partial charge on any atom is -0.366 e. The summed E-state index contributed by atoms with van der Waals surface area (Å²) in [6, 6.07) is 7.61. The summed E-state index contributed by atoms with van der Waals surface area (Å²) in [4.78, 5) is 19.3. The van der Waals surface area contributed by atoms with E-state index >= 15 is 0 Å². The number of aryl methyl sites for hydroxylation is 3. The number of primary amides is 1. The van der Waals surface area contributed by atoms with Gasteiger partial charge in [0.2, 0.25) is 0 Å². The van der Waals surface area contributed by atoms with Crippen LogP contribution in [0.2, 0.25) is 5.02 Å². The predicted octanol–water partition coefficient (Wildman–Crippen LogP) is 5.32. The van der Waals surface area contributed by atoms with Crippen LogP contribution in [0.5, 0.6) is 0 Å². The van der Waals surface area contributed by atoms with Crippen molar-refractivity contribution in [1.29, 1.82) is 0 Å². The highest BCUT2D eigenvalue weighted by Gasteiger charge is 2.25. The first-order valence-corrected chi connectivity index (χ1v) is 9.26. The summed E-state index contributed by atoms with van der Waals surface area (Å²) in [6.45, 7) is 1.86. The number of hydrogen-bond donors (Lipinski definition) is 1. The van der Waals surface area contributed by atoms with E-state index in [-0.39, 0.29) is 12.4 Å². The quantitative estimate of drug-likeness (QED) is 0.640. The highest BCUT2D eigenvalue weighted by atomic mass is 35.5. The topological polar surface area (TPSA) is 56.0 Å². The van der Waals surface area contributed by atoms with Gasteiger partial charge in [-0.2, -0.15) is 0 Å². The second-order valence-electron chi connectivity index (χ2n) is 6.21. The number of pyridine rings is 1. The summed E-state index contributed by atoms with van der Waals surface area (Å²) in [5.74, 6) is -0.428. The molecule has 1 aromatic carbocycles. The van der Waals surface area contributed by atoms with Gasteiger partial charge in [0.25, 0.3) is 5.91 Å². The SMILES string of the molecule is Cc1nc2sc3c(c2c(-c2ccc(Cl)cc2)c1C(N)=O)CCCC3.Cl. The fourth-order valence-electron chi connectivity index (χ4n) is 3.61. The van der Waals surface area contributed by atoms with Gasteiger partial charge in [-0.25, -0.2) is 4.98 Å². The van der Waals surface area contributed by atoms with E-state index in [9.17, 15) is 4.79 Å². The third kappa shape index (κ3) is 3.03. The first-order valence-electron chi connectivity index (χ1n) is 8.07. The molecule has 0 bridgehead atoms. The summed E-state index contributed by atoms with van der Waals surface area (Å²) < 4.78 is 0. The summed E-state index contributed by atoms with van der Waals surface area (Å²) in [5.41, 5.74) is 10.2. The van der Waals surface area contributed by atoms with Crippen LogP contribution >= 0.6 is 35.3 Å². The van der Waals surface area contributed by atoms with Crippen LogP contribution in [-0.2, 0) is 12.8 Å². The number of thiophene rings is 1. The van der Waals surface area contributed by atoms with E-state index in [4.69, 9.17) is 22.3 Å². The Morgan fingerprint density at radius 2 is 1.88 bits per heavy atom. The highest BCUT2D eigenvalue weighted by Crippen LogP contribution is 2.43. The molecule has 0 spiro atoms. The molecule has 25 heavy (non-hydrogen) atoms. The number of carbonyl (C=O) groups excluding carboxylic acids is 1. The maximum atomic E-state index is 12.2. The number of nitrogens with two attached hydrogens (primary N) is 1. The fourth-order valence-corrected chi connectivity index (χ4v) is 5.05. The van der Waals surface area contributed by atoms with Crippen molar-refractivity contribution < 1.29 is 4.79 Å². The lowest BCUT2D eigenvalue weighted by Crippen LogP contribution is -2.15. The molecule has 0 aliphatic heterocycles. The standard InChI is InChI=1S/C19H17ClN2OS.ClH/c1-10-15(18(21)23)16(11-6-8-12(20)9-7-11)17-13-4-2-3-5-14(13)24-19(17)22-10;/h6-9H,2-5H2,1H3,(H2,21,23);1H. The van der Waals surface area contributed by atoms with E-state index in [0.29, 0.717) is 16.3 Å². The molecule has 0 fully saturated rings. The van der Waals surface area contributed by atoms with Crippen LogP contribution in [-0.4, -0.2) is 10.9 Å². The number of rotatable bonds is 2. The van der Waals surface area contributed by atoms with Gasteiger partial charge in [0, 0.05) is 20.8 Å². The Kier molecular flexibility index (Phi) is 5.05. The molecule has 1 aliphatic carbocycles. The van der Waals surface area contributed by atoms with Crippen LogP contribution in [0, 0.1) is 6.92 Å². The molecule has 3 nitrogen and oxygen atoms in total. The Labute approximate surface area is 161 Å². The first-order chi connectivity index (χ1) is 11.6. The zero-order chi connectivity index (χ0) is 16.8. The van der Waals surface area contributed by atoms with Crippen LogP contribution < -0.4 is 5.73 Å². The number of aromatic nitrogens is 1. The summed E-state index contributed by atoms with van der Waals surface area (Å²) in [6.07, 6.45) is 4.54. The minimum atomic E-state index is -0.428. The van der Waals surface area contributed by atoms with Crippen molar-refractivity contribution >= 4 is 51.5 Å². The van der Waals surface area contributed by atoms with E-state index in [1.807, 2.05) is 31.2 Å². The molecule has 2 aromatic heterocycles. The van der Waals surface area contributed by atoms with Gasteiger partial charge < -0.3 is 5.73 Å². The second kappa shape index (κ2) is 6.94. The van der Waals surface area contributed by atoms with Gasteiger partial charge in [-0.15, -0.1) is 23.7 Å². The lowest BCUT2D eigenvalue weighted by Gasteiger charge is -2.15. The molecule has 0 radical (unpaired) electrons. The molecule has 0 saturated carbocycles. The summed E-state index contributed by atoms with van der Waals surface area (Å²) >= 11 is 7.80. The molecule has 2 N–H and O–H groups in total. The van der Waals surface area contributed by atoms with Gasteiger partial charge >= 0.3 is 0 Å². The average molecular weight is 393 g/mol. The molecule has 1 amide bonds. The van der Waals surface area contributed by atoms with Crippen molar-refractivity contribution in [1.82, 2.24) is 4.98 Å². The number of fused-ring (bicyclic) bond motifs is 3. The Hall–Kier alpha value is -1.62. The van der Waals surface area contributed by atoms with Crippen molar-refractivity contribution in [3.8, 4) is 11.1 Å². The molecule has 3 aromatic rings. The van der Waals surface area contributed by atoms with Gasteiger partial charge in [-0.05, 0) is 55.9 Å². The minimum absolute atomic E-state index is 0. The third-order valence-corrected chi connectivity index (χ3v) is 6.10. The number of carbonyl (C=O) groups is 1. The van der Waals surface area contributed by atoms with Gasteiger partial charge in [0.05, 0.1) is 11.3 Å². The van der Waals surface area contributed by atoms with Gasteiger partial charge in [-0.3, -0.25) is 4.79 Å². The van der Waals surface area contributed by atoms with Crippen molar-refractivity contribution in [3.05, 3.63) is 51.0 Å². The van der Waals surface area contributed by atoms with Crippen LogP contribution in [0.15, 0.2) is 24.3 Å². The molecule has 2 heterocycles. The van der Waals surface area contributed by atoms with Gasteiger partial charge in [0.15, 0.2) is 0 Å². The molecule has 0 atom stereocenters. The zero-order valence-corrected chi connectivity index (χ0v) is 16.2. The maximum absolute atomic E-state index is 12.2. The molecule has 0 saturated heterocycles. The Morgan fingerprint density at radius 3 is 2.56 bits per heavy atom. The zero-order valence-electron chi connectivity index (χ0n) is 13.8. The molecule has 130 valence electrons. The Balaban J connectivity index is 0.00000182. The van der Waals surface area contributed by atoms with Crippen LogP contribution in [0.25, 0.3) is 21.3 Å². The van der Waals surface area contributed by atoms with Crippen molar-refractivity contribution in [3.63, 3.8) is 0 Å². The van der Waals surface area contributed by atoms with Crippen molar-refractivity contribution in [2.75, 3.05) is 0 Å².